The Balaban J connectivity index is 1.36. The highest BCUT2D eigenvalue weighted by molar-refractivity contribution is 6.45. The topological polar surface area (TPSA) is 75.1 Å². The summed E-state index contributed by atoms with van der Waals surface area (Å²) in [5.74, 6) is -0.112. The van der Waals surface area contributed by atoms with Crippen molar-refractivity contribution in [1.82, 2.24) is 19.3 Å². The van der Waals surface area contributed by atoms with Crippen LogP contribution in [0.1, 0.15) is 39.1 Å². The summed E-state index contributed by atoms with van der Waals surface area (Å²) in [5, 5.41) is 0.600. The largest absolute Gasteiger partial charge is 0.496 e. The molecule has 38 heavy (non-hydrogen) atoms. The molecule has 0 aliphatic carbocycles. The van der Waals surface area contributed by atoms with Crippen molar-refractivity contribution >= 4 is 28.5 Å². The van der Waals surface area contributed by atoms with E-state index in [1.807, 2.05) is 29.6 Å². The molecule has 0 N–H and O–H groups in total. The van der Waals surface area contributed by atoms with E-state index in [1.165, 1.54) is 5.56 Å². The van der Waals surface area contributed by atoms with E-state index >= 15 is 0 Å². The zero-order valence-corrected chi connectivity index (χ0v) is 22.5. The van der Waals surface area contributed by atoms with Gasteiger partial charge in [-0.1, -0.05) is 30.3 Å². The minimum Gasteiger partial charge on any atom is -0.496 e. The van der Waals surface area contributed by atoms with Crippen molar-refractivity contribution in [3.05, 3.63) is 65.4 Å². The summed E-state index contributed by atoms with van der Waals surface area (Å²) in [5.41, 5.74) is 2.82. The normalized spacial score (nSPS) is 17.1. The number of amides is 2. The second-order valence-electron chi connectivity index (χ2n) is 10.6. The Morgan fingerprint density at radius 3 is 2.21 bits per heavy atom. The molecule has 0 saturated carbocycles. The number of nitrogens with zero attached hydrogens (tertiary/aromatic N) is 4. The first kappa shape index (κ1) is 26.0. The number of benzene rings is 2. The number of aromatic nitrogens is 1. The van der Waals surface area contributed by atoms with Crippen LogP contribution in [0.15, 0.2) is 48.7 Å². The first-order valence-electron chi connectivity index (χ1n) is 13.4. The minimum atomic E-state index is -0.537. The van der Waals surface area contributed by atoms with Crippen LogP contribution >= 0.6 is 0 Å². The van der Waals surface area contributed by atoms with E-state index < -0.39 is 11.7 Å². The highest BCUT2D eigenvalue weighted by atomic mass is 16.5. The number of Topliss-reactive ketones (excluding diaryl/α,β-unsaturated/α-hetero) is 1. The van der Waals surface area contributed by atoms with E-state index in [2.05, 4.69) is 29.2 Å². The van der Waals surface area contributed by atoms with Gasteiger partial charge < -0.3 is 24.0 Å². The first-order chi connectivity index (χ1) is 18.4. The average Bonchev–Trinajstić information content (AvgIpc) is 3.27. The van der Waals surface area contributed by atoms with E-state index in [0.29, 0.717) is 54.4 Å². The molecule has 0 atom stereocenters. The Hall–Kier alpha value is -3.65. The summed E-state index contributed by atoms with van der Waals surface area (Å²) in [7, 11) is 5.39. The summed E-state index contributed by atoms with van der Waals surface area (Å²) >= 11 is 0. The van der Waals surface area contributed by atoms with Gasteiger partial charge in [0.25, 0.3) is 17.6 Å². The van der Waals surface area contributed by atoms with Crippen LogP contribution in [0.2, 0.25) is 0 Å². The molecule has 0 bridgehead atoms. The van der Waals surface area contributed by atoms with Crippen molar-refractivity contribution in [2.24, 2.45) is 13.0 Å². The van der Waals surface area contributed by atoms with E-state index in [4.69, 9.17) is 4.74 Å². The number of ether oxygens (including phenoxy) is 1. The Morgan fingerprint density at radius 2 is 1.55 bits per heavy atom. The number of carbonyl (C=O) groups excluding carboxylic acids is 3. The van der Waals surface area contributed by atoms with E-state index in [-0.39, 0.29) is 5.91 Å². The second-order valence-corrected chi connectivity index (χ2v) is 10.6. The van der Waals surface area contributed by atoms with Crippen molar-refractivity contribution in [2.45, 2.75) is 19.3 Å². The third-order valence-electron chi connectivity index (χ3n) is 8.04. The lowest BCUT2D eigenvalue weighted by Crippen LogP contribution is -2.49. The number of likely N-dealkylation sites (N-methyl/N-ethyl adjacent to an activating group) is 1. The van der Waals surface area contributed by atoms with Crippen LogP contribution in [-0.2, 0) is 18.3 Å². The maximum absolute atomic E-state index is 13.7. The highest BCUT2D eigenvalue weighted by Crippen LogP contribution is 2.32. The lowest BCUT2D eigenvalue weighted by atomic mass is 9.90. The van der Waals surface area contributed by atoms with Crippen LogP contribution in [0.25, 0.3) is 10.9 Å². The molecule has 2 aliphatic rings. The number of aryl methyl sites for hydroxylation is 1. The molecule has 3 heterocycles. The molecule has 2 saturated heterocycles. The number of carbonyl (C=O) groups is 3. The van der Waals surface area contributed by atoms with Crippen LogP contribution in [-0.4, -0.2) is 90.3 Å². The molecule has 3 aromatic rings. The fourth-order valence-electron chi connectivity index (χ4n) is 5.65. The van der Waals surface area contributed by atoms with Gasteiger partial charge >= 0.3 is 0 Å². The number of piperazine rings is 1. The predicted molar refractivity (Wildman–Crippen MR) is 147 cm³/mol. The lowest BCUT2D eigenvalue weighted by Gasteiger charge is -2.32. The number of piperidine rings is 1. The Labute approximate surface area is 223 Å². The summed E-state index contributed by atoms with van der Waals surface area (Å²) in [6, 6.07) is 14.0. The first-order valence-corrected chi connectivity index (χ1v) is 13.4. The van der Waals surface area contributed by atoms with Crippen molar-refractivity contribution in [3.63, 3.8) is 0 Å². The van der Waals surface area contributed by atoms with Gasteiger partial charge in [0.05, 0.1) is 23.8 Å². The number of likely N-dealkylation sites (tertiary alicyclic amines) is 1. The van der Waals surface area contributed by atoms with Gasteiger partial charge in [-0.25, -0.2) is 0 Å². The molecular weight excluding hydrogens is 480 g/mol. The maximum atomic E-state index is 13.7. The molecule has 2 aliphatic heterocycles. The fraction of sp³-hybridized carbons (Fsp3) is 0.433. The lowest BCUT2D eigenvalue weighted by molar-refractivity contribution is -0.127. The Kier molecular flexibility index (Phi) is 7.51. The van der Waals surface area contributed by atoms with Crippen LogP contribution < -0.4 is 4.74 Å². The Bertz CT molecular complexity index is 1330. The van der Waals surface area contributed by atoms with Gasteiger partial charge in [-0.2, -0.15) is 0 Å². The maximum Gasteiger partial charge on any atom is 0.295 e. The third kappa shape index (κ3) is 5.18. The fourth-order valence-corrected chi connectivity index (χ4v) is 5.65. The van der Waals surface area contributed by atoms with Gasteiger partial charge in [0.15, 0.2) is 0 Å². The van der Waals surface area contributed by atoms with Gasteiger partial charge in [-0.05, 0) is 43.9 Å². The SMILES string of the molecule is COc1cc2c(cc1C(=O)N1CCC(Cc3ccccc3)CC1)c(C(=O)C(=O)N1CCN(C)CC1)cn2C. The molecule has 2 fully saturated rings. The molecule has 2 amide bonds. The molecule has 200 valence electrons. The third-order valence-corrected chi connectivity index (χ3v) is 8.04. The predicted octanol–water partition coefficient (Wildman–Crippen LogP) is 3.24. The van der Waals surface area contributed by atoms with Gasteiger partial charge in [0.1, 0.15) is 5.75 Å². The number of methoxy groups -OCH3 is 1. The van der Waals surface area contributed by atoms with Crippen LogP contribution in [0.3, 0.4) is 0 Å². The molecule has 1 aromatic heterocycles. The molecule has 0 unspecified atom stereocenters. The average molecular weight is 517 g/mol. The van der Waals surface area contributed by atoms with E-state index in [0.717, 1.165) is 37.9 Å². The number of ketones is 1. The van der Waals surface area contributed by atoms with E-state index in [1.54, 1.807) is 30.3 Å². The van der Waals surface area contributed by atoms with Crippen LogP contribution in [0, 0.1) is 5.92 Å². The zero-order chi connectivity index (χ0) is 26.8. The van der Waals surface area contributed by atoms with Gasteiger partial charge in [0.2, 0.25) is 0 Å². The summed E-state index contributed by atoms with van der Waals surface area (Å²) in [4.78, 5) is 45.7. The van der Waals surface area contributed by atoms with Crippen LogP contribution in [0.4, 0.5) is 0 Å². The summed E-state index contributed by atoms with van der Waals surface area (Å²) in [6.07, 6.45) is 4.60. The van der Waals surface area contributed by atoms with Crippen molar-refractivity contribution in [3.8, 4) is 5.75 Å². The van der Waals surface area contributed by atoms with Gasteiger partial charge in [-0.15, -0.1) is 0 Å². The molecule has 8 nitrogen and oxygen atoms in total. The standard InChI is InChI=1S/C30H36N4O4/c1-31-13-15-34(16-14-31)30(37)28(35)25-20-32(2)26-19-27(38-3)24(18-23(25)26)29(36)33-11-9-22(10-12-33)17-21-7-5-4-6-8-21/h4-8,18-20,22H,9-17H2,1-3H3. The number of rotatable bonds is 6. The van der Waals surface area contributed by atoms with Crippen molar-refractivity contribution < 1.29 is 19.1 Å². The summed E-state index contributed by atoms with van der Waals surface area (Å²) in [6.45, 7) is 3.91. The smallest absolute Gasteiger partial charge is 0.295 e. The van der Waals surface area contributed by atoms with Crippen molar-refractivity contribution in [1.29, 1.82) is 0 Å². The zero-order valence-electron chi connectivity index (χ0n) is 22.5. The molecule has 0 spiro atoms. The van der Waals surface area contributed by atoms with Crippen LogP contribution in [0.5, 0.6) is 5.75 Å². The number of hydrogen-bond donors (Lipinski definition) is 0. The minimum absolute atomic E-state index is 0.102. The Morgan fingerprint density at radius 1 is 0.868 bits per heavy atom. The monoisotopic (exact) mass is 516 g/mol. The molecule has 5 rings (SSSR count). The number of fused-ring (bicyclic) bond motifs is 1. The number of hydrogen-bond acceptors (Lipinski definition) is 5. The molecule has 2 aromatic carbocycles. The summed E-state index contributed by atoms with van der Waals surface area (Å²) < 4.78 is 7.43. The molecule has 8 heteroatoms. The van der Waals surface area contributed by atoms with Crippen molar-refractivity contribution in [2.75, 3.05) is 53.4 Å². The van der Waals surface area contributed by atoms with Gasteiger partial charge in [-0.3, -0.25) is 14.4 Å². The molecule has 0 radical (unpaired) electrons. The van der Waals surface area contributed by atoms with Gasteiger partial charge in [0, 0.05) is 64.0 Å². The second kappa shape index (κ2) is 11.0. The molecular formula is C30H36N4O4. The highest BCUT2D eigenvalue weighted by Gasteiger charge is 2.30. The quantitative estimate of drug-likeness (QED) is 0.372. The van der Waals surface area contributed by atoms with E-state index in [9.17, 15) is 14.4 Å².